The lowest BCUT2D eigenvalue weighted by Crippen LogP contribution is -2.24. The van der Waals surface area contributed by atoms with Gasteiger partial charge in [-0.2, -0.15) is 0 Å². The van der Waals surface area contributed by atoms with Gasteiger partial charge in [-0.3, -0.25) is 4.79 Å². The van der Waals surface area contributed by atoms with Crippen LogP contribution in [0, 0.1) is 0 Å². The van der Waals surface area contributed by atoms with Crippen LogP contribution in [-0.2, 0) is 11.2 Å². The van der Waals surface area contributed by atoms with Gasteiger partial charge in [-0.05, 0) is 13.0 Å². The first kappa shape index (κ1) is 17.4. The zero-order valence-electron chi connectivity index (χ0n) is 15.7. The molecular weight excluding hydrogens is 338 g/mol. The summed E-state index contributed by atoms with van der Waals surface area (Å²) in [4.78, 5) is 28.0. The SMILES string of the molecule is CCc1nccc(-c2c(-c3ccccc3)ncn2[C@@H]2CC(=O)N(CC)C2)n1. The van der Waals surface area contributed by atoms with Gasteiger partial charge in [-0.1, -0.05) is 37.3 Å². The van der Waals surface area contributed by atoms with Crippen LogP contribution in [0.5, 0.6) is 0 Å². The third kappa shape index (κ3) is 3.23. The summed E-state index contributed by atoms with van der Waals surface area (Å²) in [5.74, 6) is 0.997. The molecule has 1 fully saturated rings. The Labute approximate surface area is 158 Å². The molecule has 0 aliphatic carbocycles. The van der Waals surface area contributed by atoms with E-state index < -0.39 is 0 Å². The first-order chi connectivity index (χ1) is 13.2. The normalized spacial score (nSPS) is 16.9. The molecule has 1 saturated heterocycles. The van der Waals surface area contributed by atoms with E-state index in [2.05, 4.69) is 21.7 Å². The van der Waals surface area contributed by atoms with Crippen LogP contribution >= 0.6 is 0 Å². The molecule has 3 aromatic rings. The van der Waals surface area contributed by atoms with Crippen LogP contribution in [0.4, 0.5) is 0 Å². The molecule has 2 aromatic heterocycles. The monoisotopic (exact) mass is 361 g/mol. The van der Waals surface area contributed by atoms with Crippen molar-refractivity contribution in [2.45, 2.75) is 32.7 Å². The number of likely N-dealkylation sites (tertiary alicyclic amines) is 1. The molecule has 27 heavy (non-hydrogen) atoms. The molecule has 1 aromatic carbocycles. The van der Waals surface area contributed by atoms with E-state index >= 15 is 0 Å². The number of amides is 1. The third-order valence-corrected chi connectivity index (χ3v) is 5.07. The first-order valence-electron chi connectivity index (χ1n) is 9.43. The largest absolute Gasteiger partial charge is 0.341 e. The molecule has 0 N–H and O–H groups in total. The van der Waals surface area contributed by atoms with Crippen molar-refractivity contribution in [2.24, 2.45) is 0 Å². The summed E-state index contributed by atoms with van der Waals surface area (Å²) in [7, 11) is 0. The van der Waals surface area contributed by atoms with Gasteiger partial charge in [0.25, 0.3) is 0 Å². The highest BCUT2D eigenvalue weighted by molar-refractivity contribution is 5.80. The van der Waals surface area contributed by atoms with Crippen LogP contribution in [0.3, 0.4) is 0 Å². The van der Waals surface area contributed by atoms with Crippen molar-refractivity contribution in [3.63, 3.8) is 0 Å². The average molecular weight is 361 g/mol. The molecule has 1 aliphatic rings. The number of carbonyl (C=O) groups is 1. The van der Waals surface area contributed by atoms with E-state index in [1.807, 2.05) is 49.3 Å². The first-order valence-corrected chi connectivity index (χ1v) is 9.43. The standard InChI is InChI=1S/C21H23N5O/c1-3-18-22-11-10-17(24-18)21-20(15-8-6-5-7-9-15)23-14-26(21)16-12-19(27)25(4-2)13-16/h5-11,14,16H,3-4,12-13H2,1-2H3/t16-/m1/s1. The summed E-state index contributed by atoms with van der Waals surface area (Å²) in [6, 6.07) is 12.1. The molecule has 1 amide bonds. The molecule has 0 spiro atoms. The Balaban J connectivity index is 1.85. The lowest BCUT2D eigenvalue weighted by molar-refractivity contribution is -0.127. The Kier molecular flexibility index (Phi) is 4.71. The minimum absolute atomic E-state index is 0.0671. The van der Waals surface area contributed by atoms with E-state index in [1.165, 1.54) is 0 Å². The Bertz CT molecular complexity index is 950. The second-order valence-corrected chi connectivity index (χ2v) is 6.72. The van der Waals surface area contributed by atoms with Gasteiger partial charge < -0.3 is 9.47 Å². The molecule has 6 nitrogen and oxygen atoms in total. The summed E-state index contributed by atoms with van der Waals surface area (Å²) in [5, 5.41) is 0. The van der Waals surface area contributed by atoms with E-state index in [1.54, 1.807) is 6.20 Å². The number of rotatable bonds is 5. The molecule has 1 aliphatic heterocycles. The Morgan fingerprint density at radius 3 is 2.63 bits per heavy atom. The smallest absolute Gasteiger partial charge is 0.224 e. The molecule has 0 radical (unpaired) electrons. The highest BCUT2D eigenvalue weighted by atomic mass is 16.2. The lowest BCUT2D eigenvalue weighted by atomic mass is 10.1. The zero-order chi connectivity index (χ0) is 18.8. The number of aromatic nitrogens is 4. The third-order valence-electron chi connectivity index (χ3n) is 5.07. The molecular formula is C21H23N5O. The molecule has 1 atom stereocenters. The highest BCUT2D eigenvalue weighted by Gasteiger charge is 2.32. The van der Waals surface area contributed by atoms with Crippen molar-refractivity contribution >= 4 is 5.91 Å². The van der Waals surface area contributed by atoms with Crippen molar-refractivity contribution in [3.8, 4) is 22.6 Å². The van der Waals surface area contributed by atoms with Crippen molar-refractivity contribution in [3.05, 3.63) is 54.7 Å². The summed E-state index contributed by atoms with van der Waals surface area (Å²) < 4.78 is 2.12. The lowest BCUT2D eigenvalue weighted by Gasteiger charge is -2.17. The predicted octanol–water partition coefficient (Wildman–Crippen LogP) is 3.36. The number of hydrogen-bond acceptors (Lipinski definition) is 4. The number of aryl methyl sites for hydroxylation is 1. The highest BCUT2D eigenvalue weighted by Crippen LogP contribution is 2.35. The maximum atomic E-state index is 12.3. The summed E-state index contributed by atoms with van der Waals surface area (Å²) in [6.45, 7) is 5.50. The fourth-order valence-electron chi connectivity index (χ4n) is 3.64. The summed E-state index contributed by atoms with van der Waals surface area (Å²) in [5.41, 5.74) is 3.73. The Hall–Kier alpha value is -3.02. The van der Waals surface area contributed by atoms with Crippen LogP contribution in [-0.4, -0.2) is 43.4 Å². The predicted molar refractivity (Wildman–Crippen MR) is 104 cm³/mol. The second-order valence-electron chi connectivity index (χ2n) is 6.72. The number of hydrogen-bond donors (Lipinski definition) is 0. The van der Waals surface area contributed by atoms with Crippen molar-refractivity contribution in [1.29, 1.82) is 0 Å². The van der Waals surface area contributed by atoms with Gasteiger partial charge in [0.1, 0.15) is 5.82 Å². The number of imidazole rings is 1. The van der Waals surface area contributed by atoms with E-state index in [9.17, 15) is 4.79 Å². The molecule has 6 heteroatoms. The number of likely N-dealkylation sites (N-methyl/N-ethyl adjacent to an activating group) is 1. The molecule has 0 unspecified atom stereocenters. The zero-order valence-corrected chi connectivity index (χ0v) is 15.7. The number of nitrogens with zero attached hydrogens (tertiary/aromatic N) is 5. The van der Waals surface area contributed by atoms with Gasteiger partial charge in [0.15, 0.2) is 0 Å². The molecule has 3 heterocycles. The van der Waals surface area contributed by atoms with Gasteiger partial charge >= 0.3 is 0 Å². The molecule has 4 rings (SSSR count). The van der Waals surface area contributed by atoms with Gasteiger partial charge in [-0.25, -0.2) is 15.0 Å². The van der Waals surface area contributed by atoms with Crippen LogP contribution in [0.15, 0.2) is 48.9 Å². The fraction of sp³-hybridized carbons (Fsp3) is 0.333. The summed E-state index contributed by atoms with van der Waals surface area (Å²) in [6.07, 6.45) is 4.92. The topological polar surface area (TPSA) is 63.9 Å². The second kappa shape index (κ2) is 7.31. The maximum absolute atomic E-state index is 12.3. The Morgan fingerprint density at radius 1 is 1.11 bits per heavy atom. The molecule has 0 bridgehead atoms. The molecule has 0 saturated carbocycles. The van der Waals surface area contributed by atoms with E-state index in [0.29, 0.717) is 13.0 Å². The quantitative estimate of drug-likeness (QED) is 0.699. The van der Waals surface area contributed by atoms with Crippen LogP contribution in [0.1, 0.15) is 32.1 Å². The fourth-order valence-corrected chi connectivity index (χ4v) is 3.64. The van der Waals surface area contributed by atoms with Crippen LogP contribution in [0.2, 0.25) is 0 Å². The van der Waals surface area contributed by atoms with E-state index in [4.69, 9.17) is 9.97 Å². The van der Waals surface area contributed by atoms with Crippen molar-refractivity contribution < 1.29 is 4.79 Å². The molecule has 138 valence electrons. The minimum Gasteiger partial charge on any atom is -0.341 e. The van der Waals surface area contributed by atoms with E-state index in [0.717, 1.165) is 41.4 Å². The number of carbonyl (C=O) groups excluding carboxylic acids is 1. The Morgan fingerprint density at radius 2 is 1.93 bits per heavy atom. The maximum Gasteiger partial charge on any atom is 0.224 e. The summed E-state index contributed by atoms with van der Waals surface area (Å²) >= 11 is 0. The van der Waals surface area contributed by atoms with Gasteiger partial charge in [-0.15, -0.1) is 0 Å². The van der Waals surface area contributed by atoms with Crippen LogP contribution < -0.4 is 0 Å². The average Bonchev–Trinajstić information content (AvgIpc) is 3.32. The minimum atomic E-state index is 0.0671. The van der Waals surface area contributed by atoms with Gasteiger partial charge in [0.05, 0.1) is 29.5 Å². The van der Waals surface area contributed by atoms with Crippen LogP contribution in [0.25, 0.3) is 22.6 Å². The van der Waals surface area contributed by atoms with Crippen molar-refractivity contribution in [2.75, 3.05) is 13.1 Å². The van der Waals surface area contributed by atoms with Crippen molar-refractivity contribution in [1.82, 2.24) is 24.4 Å². The van der Waals surface area contributed by atoms with E-state index in [-0.39, 0.29) is 11.9 Å². The van der Waals surface area contributed by atoms with Gasteiger partial charge in [0.2, 0.25) is 5.91 Å². The van der Waals surface area contributed by atoms with Gasteiger partial charge in [0, 0.05) is 37.7 Å². The number of benzene rings is 1.